The number of ether oxygens (including phenoxy) is 1. The lowest BCUT2D eigenvalue weighted by Crippen LogP contribution is -2.47. The van der Waals surface area contributed by atoms with E-state index in [0.717, 1.165) is 44.0 Å². The van der Waals surface area contributed by atoms with E-state index in [1.54, 1.807) is 12.1 Å². The van der Waals surface area contributed by atoms with Crippen molar-refractivity contribution in [2.24, 2.45) is 0 Å². The van der Waals surface area contributed by atoms with Crippen molar-refractivity contribution in [2.45, 2.75) is 45.1 Å². The maximum atomic E-state index is 11.7. The lowest BCUT2D eigenvalue weighted by atomic mass is 9.94. The first kappa shape index (κ1) is 20.1. The Labute approximate surface area is 174 Å². The molecule has 1 atom stereocenters. The molecule has 2 aromatic carbocycles. The van der Waals surface area contributed by atoms with Gasteiger partial charge >= 0.3 is 0 Å². The van der Waals surface area contributed by atoms with Crippen molar-refractivity contribution in [1.29, 1.82) is 0 Å². The van der Waals surface area contributed by atoms with Crippen LogP contribution in [0, 0.1) is 20.8 Å². The molecule has 0 radical (unpaired) electrons. The van der Waals surface area contributed by atoms with Crippen molar-refractivity contribution < 1.29 is 13.2 Å². The molecule has 6 heteroatoms. The third kappa shape index (κ3) is 3.59. The molecule has 5 nitrogen and oxygen atoms in total. The van der Waals surface area contributed by atoms with Gasteiger partial charge in [0.25, 0.3) is 0 Å². The van der Waals surface area contributed by atoms with Gasteiger partial charge in [0.15, 0.2) is 9.84 Å². The zero-order valence-electron chi connectivity index (χ0n) is 17.9. The van der Waals surface area contributed by atoms with E-state index in [4.69, 9.17) is 4.74 Å². The Kier molecular flexibility index (Phi) is 5.01. The molecule has 1 fully saturated rings. The fraction of sp³-hybridized carbons (Fsp3) is 0.478. The Morgan fingerprint density at radius 2 is 1.48 bits per heavy atom. The number of anilines is 2. The van der Waals surface area contributed by atoms with E-state index < -0.39 is 9.84 Å². The van der Waals surface area contributed by atoms with Gasteiger partial charge in [0.1, 0.15) is 11.9 Å². The van der Waals surface area contributed by atoms with Crippen LogP contribution >= 0.6 is 0 Å². The van der Waals surface area contributed by atoms with Crippen molar-refractivity contribution in [1.82, 2.24) is 0 Å². The molecule has 0 aliphatic carbocycles. The molecule has 0 spiro atoms. The minimum absolute atomic E-state index is 0.254. The molecular formula is C23H30N2O3S. The normalized spacial score (nSPS) is 19.3. The van der Waals surface area contributed by atoms with Crippen molar-refractivity contribution in [3.63, 3.8) is 0 Å². The molecule has 156 valence electrons. The zero-order chi connectivity index (χ0) is 20.9. The number of hydrogen-bond donors (Lipinski definition) is 0. The average molecular weight is 415 g/mol. The Morgan fingerprint density at radius 3 is 2.07 bits per heavy atom. The summed E-state index contributed by atoms with van der Waals surface area (Å²) >= 11 is 0. The van der Waals surface area contributed by atoms with E-state index in [9.17, 15) is 8.42 Å². The monoisotopic (exact) mass is 414 g/mol. The van der Waals surface area contributed by atoms with Crippen LogP contribution in [0.15, 0.2) is 29.2 Å². The van der Waals surface area contributed by atoms with Gasteiger partial charge in [-0.25, -0.2) is 8.42 Å². The molecule has 2 aliphatic heterocycles. The number of rotatable bonds is 3. The highest BCUT2D eigenvalue weighted by molar-refractivity contribution is 7.90. The lowest BCUT2D eigenvalue weighted by Gasteiger charge is -2.39. The van der Waals surface area contributed by atoms with Crippen molar-refractivity contribution >= 4 is 21.2 Å². The van der Waals surface area contributed by atoms with E-state index >= 15 is 0 Å². The van der Waals surface area contributed by atoms with Crippen molar-refractivity contribution in [3.8, 4) is 5.75 Å². The Balaban J connectivity index is 1.54. The van der Waals surface area contributed by atoms with Crippen LogP contribution in [-0.4, -0.2) is 47.0 Å². The van der Waals surface area contributed by atoms with Gasteiger partial charge in [-0.15, -0.1) is 0 Å². The van der Waals surface area contributed by atoms with E-state index in [1.165, 1.54) is 34.2 Å². The lowest BCUT2D eigenvalue weighted by molar-refractivity contribution is 0.253. The molecule has 1 saturated heterocycles. The number of benzene rings is 2. The van der Waals surface area contributed by atoms with Crippen LogP contribution in [0.5, 0.6) is 5.75 Å². The standard InChI is InChI=1S/C23H30N2O3S/c1-15-14-21-18(4)22(16(2)17(3)23(21)28-15)25-12-10-24(11-13-25)19-6-8-20(9-7-19)29(5,26)27/h6-9,15H,10-14H2,1-5H3. The summed E-state index contributed by atoms with van der Waals surface area (Å²) in [5.41, 5.74) is 7.77. The summed E-state index contributed by atoms with van der Waals surface area (Å²) in [5, 5.41) is 0. The van der Waals surface area contributed by atoms with Crippen LogP contribution < -0.4 is 14.5 Å². The highest BCUT2D eigenvalue weighted by atomic mass is 32.2. The van der Waals surface area contributed by atoms with E-state index in [0.29, 0.717) is 4.90 Å². The fourth-order valence-electron chi connectivity index (χ4n) is 4.67. The zero-order valence-corrected chi connectivity index (χ0v) is 18.8. The van der Waals surface area contributed by atoms with Crippen LogP contribution in [0.1, 0.15) is 29.2 Å². The smallest absolute Gasteiger partial charge is 0.175 e. The summed E-state index contributed by atoms with van der Waals surface area (Å²) in [6, 6.07) is 7.24. The Bertz CT molecular complexity index is 1040. The van der Waals surface area contributed by atoms with Crippen molar-refractivity contribution in [3.05, 3.63) is 46.5 Å². The maximum Gasteiger partial charge on any atom is 0.175 e. The number of hydrogen-bond acceptors (Lipinski definition) is 5. The molecule has 0 aromatic heterocycles. The molecule has 0 N–H and O–H groups in total. The second-order valence-corrected chi connectivity index (χ2v) is 10.4. The molecule has 1 unspecified atom stereocenters. The largest absolute Gasteiger partial charge is 0.490 e. The molecule has 29 heavy (non-hydrogen) atoms. The average Bonchev–Trinajstić information content (AvgIpc) is 3.09. The molecule has 0 bridgehead atoms. The molecule has 4 rings (SSSR count). The number of sulfone groups is 1. The summed E-state index contributed by atoms with van der Waals surface area (Å²) in [7, 11) is -3.15. The quantitative estimate of drug-likeness (QED) is 0.767. The highest BCUT2D eigenvalue weighted by Gasteiger charge is 2.29. The van der Waals surface area contributed by atoms with Crippen LogP contribution in [0.4, 0.5) is 11.4 Å². The van der Waals surface area contributed by atoms with Gasteiger partial charge in [0.2, 0.25) is 0 Å². The second-order valence-electron chi connectivity index (χ2n) is 8.40. The number of fused-ring (bicyclic) bond motifs is 1. The minimum atomic E-state index is -3.15. The fourth-order valence-corrected chi connectivity index (χ4v) is 5.30. The van der Waals surface area contributed by atoms with Gasteiger partial charge < -0.3 is 14.5 Å². The highest BCUT2D eigenvalue weighted by Crippen LogP contribution is 2.42. The first-order chi connectivity index (χ1) is 13.7. The van der Waals surface area contributed by atoms with E-state index in [-0.39, 0.29) is 6.10 Å². The molecule has 0 saturated carbocycles. The van der Waals surface area contributed by atoms with Crippen LogP contribution in [0.3, 0.4) is 0 Å². The summed E-state index contributed by atoms with van der Waals surface area (Å²) in [6.07, 6.45) is 2.49. The second kappa shape index (κ2) is 7.24. The van der Waals surface area contributed by atoms with Crippen LogP contribution in [0.2, 0.25) is 0 Å². The Morgan fingerprint density at radius 1 is 0.897 bits per heavy atom. The maximum absolute atomic E-state index is 11.7. The van der Waals surface area contributed by atoms with Gasteiger partial charge in [0, 0.05) is 55.8 Å². The van der Waals surface area contributed by atoms with Gasteiger partial charge in [-0.2, -0.15) is 0 Å². The molecular weight excluding hydrogens is 384 g/mol. The summed E-state index contributed by atoms with van der Waals surface area (Å²) < 4.78 is 29.4. The number of nitrogens with zero attached hydrogens (tertiary/aromatic N) is 2. The van der Waals surface area contributed by atoms with Gasteiger partial charge in [-0.05, 0) is 68.7 Å². The summed E-state index contributed by atoms with van der Waals surface area (Å²) in [4.78, 5) is 5.21. The molecule has 2 heterocycles. The third-order valence-electron chi connectivity index (χ3n) is 6.38. The predicted molar refractivity (Wildman–Crippen MR) is 118 cm³/mol. The van der Waals surface area contributed by atoms with E-state index in [1.807, 2.05) is 12.1 Å². The topological polar surface area (TPSA) is 49.9 Å². The molecule has 2 aromatic rings. The Hall–Kier alpha value is -2.21. The van der Waals surface area contributed by atoms with Crippen molar-refractivity contribution in [2.75, 3.05) is 42.2 Å². The van der Waals surface area contributed by atoms with Gasteiger partial charge in [-0.1, -0.05) is 0 Å². The first-order valence-electron chi connectivity index (χ1n) is 10.3. The third-order valence-corrected chi connectivity index (χ3v) is 7.51. The minimum Gasteiger partial charge on any atom is -0.490 e. The molecule has 0 amide bonds. The first-order valence-corrected chi connectivity index (χ1v) is 12.1. The van der Waals surface area contributed by atoms with Crippen LogP contribution in [0.25, 0.3) is 0 Å². The van der Waals surface area contributed by atoms with E-state index in [2.05, 4.69) is 37.5 Å². The predicted octanol–water partition coefficient (Wildman–Crippen LogP) is 3.67. The van der Waals surface area contributed by atoms with Gasteiger partial charge in [-0.3, -0.25) is 0 Å². The summed E-state index contributed by atoms with van der Waals surface area (Å²) in [5.74, 6) is 1.10. The summed E-state index contributed by atoms with van der Waals surface area (Å²) in [6.45, 7) is 12.5. The van der Waals surface area contributed by atoms with Crippen LogP contribution in [-0.2, 0) is 16.3 Å². The molecule has 2 aliphatic rings. The number of piperazine rings is 1. The SMILES string of the molecule is Cc1c(C)c(N2CCN(c3ccc(S(C)(=O)=O)cc3)CC2)c(C)c2c1OC(C)C2. The van der Waals surface area contributed by atoms with Gasteiger partial charge in [0.05, 0.1) is 4.90 Å².